The van der Waals surface area contributed by atoms with Gasteiger partial charge in [-0.25, -0.2) is 13.1 Å². The molecule has 0 saturated carbocycles. The number of nitrogens with one attached hydrogen (secondary N) is 1. The quantitative estimate of drug-likeness (QED) is 0.639. The number of sulfonamides is 1. The first-order valence-electron chi connectivity index (χ1n) is 5.22. The van der Waals surface area contributed by atoms with Crippen LogP contribution in [0, 0.1) is 0 Å². The minimum Gasteiger partial charge on any atom is -0.379 e. The van der Waals surface area contributed by atoms with Crippen molar-refractivity contribution in [3.8, 4) is 0 Å². The average molecular weight is 237 g/mol. The zero-order valence-electron chi connectivity index (χ0n) is 9.07. The van der Waals surface area contributed by atoms with E-state index < -0.39 is 10.0 Å². The summed E-state index contributed by atoms with van der Waals surface area (Å²) in [5.41, 5.74) is 0. The molecular weight excluding hydrogens is 218 g/mol. The minimum atomic E-state index is -3.06. The molecule has 0 spiro atoms. The second-order valence-electron chi connectivity index (χ2n) is 3.73. The predicted molar refractivity (Wildman–Crippen MR) is 57.3 cm³/mol. The maximum Gasteiger partial charge on any atom is 0.208 e. The summed E-state index contributed by atoms with van der Waals surface area (Å²) in [6.07, 6.45) is 4.28. The van der Waals surface area contributed by atoms with E-state index in [4.69, 9.17) is 9.47 Å². The van der Waals surface area contributed by atoms with Crippen molar-refractivity contribution in [3.05, 3.63) is 0 Å². The van der Waals surface area contributed by atoms with Crippen molar-refractivity contribution in [3.63, 3.8) is 0 Å². The second-order valence-corrected chi connectivity index (χ2v) is 5.56. The standard InChI is InChI=1S/C9H19NO4S/c1-15(11,12)10-5-3-6-13-8-9-4-2-7-14-9/h9-10H,2-8H2,1H3/t9-/m0/s1. The van der Waals surface area contributed by atoms with Crippen LogP contribution in [0.15, 0.2) is 0 Å². The molecule has 1 aliphatic heterocycles. The molecule has 90 valence electrons. The maximum atomic E-state index is 10.7. The molecular formula is C9H19NO4S. The van der Waals surface area contributed by atoms with E-state index in [2.05, 4.69) is 4.72 Å². The molecule has 1 heterocycles. The van der Waals surface area contributed by atoms with Gasteiger partial charge in [0.15, 0.2) is 0 Å². The molecule has 1 saturated heterocycles. The number of hydrogen-bond donors (Lipinski definition) is 1. The van der Waals surface area contributed by atoms with Gasteiger partial charge < -0.3 is 9.47 Å². The average Bonchev–Trinajstić information content (AvgIpc) is 2.61. The molecule has 0 bridgehead atoms. The van der Waals surface area contributed by atoms with E-state index in [1.54, 1.807) is 0 Å². The van der Waals surface area contributed by atoms with E-state index in [-0.39, 0.29) is 6.10 Å². The summed E-state index contributed by atoms with van der Waals surface area (Å²) in [5.74, 6) is 0. The minimum absolute atomic E-state index is 0.243. The van der Waals surface area contributed by atoms with Gasteiger partial charge in [0.2, 0.25) is 10.0 Å². The molecule has 6 heteroatoms. The molecule has 1 N–H and O–H groups in total. The molecule has 0 aliphatic carbocycles. The Bertz CT molecular complexity index is 259. The van der Waals surface area contributed by atoms with E-state index in [1.807, 2.05) is 0 Å². The first-order valence-corrected chi connectivity index (χ1v) is 7.11. The van der Waals surface area contributed by atoms with Crippen molar-refractivity contribution in [2.45, 2.75) is 25.4 Å². The topological polar surface area (TPSA) is 64.6 Å². The molecule has 1 atom stereocenters. The third kappa shape index (κ3) is 6.83. The Morgan fingerprint density at radius 2 is 2.33 bits per heavy atom. The van der Waals surface area contributed by atoms with Crippen LogP contribution in [-0.4, -0.2) is 47.1 Å². The highest BCUT2D eigenvalue weighted by Gasteiger charge is 2.14. The first-order chi connectivity index (χ1) is 7.08. The van der Waals surface area contributed by atoms with Crippen molar-refractivity contribution < 1.29 is 17.9 Å². The Labute approximate surface area is 91.2 Å². The lowest BCUT2D eigenvalue weighted by atomic mass is 10.2. The van der Waals surface area contributed by atoms with E-state index in [1.165, 1.54) is 0 Å². The Morgan fingerprint density at radius 3 is 2.93 bits per heavy atom. The van der Waals surface area contributed by atoms with Crippen LogP contribution in [0.2, 0.25) is 0 Å². The van der Waals surface area contributed by atoms with Gasteiger partial charge >= 0.3 is 0 Å². The van der Waals surface area contributed by atoms with E-state index in [0.717, 1.165) is 25.7 Å². The highest BCUT2D eigenvalue weighted by molar-refractivity contribution is 7.88. The fourth-order valence-corrected chi connectivity index (χ4v) is 1.94. The van der Waals surface area contributed by atoms with Crippen LogP contribution in [-0.2, 0) is 19.5 Å². The highest BCUT2D eigenvalue weighted by Crippen LogP contribution is 2.11. The van der Waals surface area contributed by atoms with Gasteiger partial charge in [-0.05, 0) is 19.3 Å². The highest BCUT2D eigenvalue weighted by atomic mass is 32.2. The van der Waals surface area contributed by atoms with Gasteiger partial charge in [-0.15, -0.1) is 0 Å². The first kappa shape index (κ1) is 12.9. The smallest absolute Gasteiger partial charge is 0.208 e. The lowest BCUT2D eigenvalue weighted by Crippen LogP contribution is -2.24. The van der Waals surface area contributed by atoms with Gasteiger partial charge in [0.25, 0.3) is 0 Å². The van der Waals surface area contributed by atoms with Gasteiger partial charge in [-0.3, -0.25) is 0 Å². The number of ether oxygens (including phenoxy) is 2. The molecule has 0 aromatic rings. The summed E-state index contributed by atoms with van der Waals surface area (Å²) in [5, 5.41) is 0. The van der Waals surface area contributed by atoms with Crippen LogP contribution >= 0.6 is 0 Å². The van der Waals surface area contributed by atoms with E-state index in [0.29, 0.717) is 26.2 Å². The molecule has 0 amide bonds. The molecule has 15 heavy (non-hydrogen) atoms. The summed E-state index contributed by atoms with van der Waals surface area (Å²) >= 11 is 0. The zero-order chi connectivity index (χ0) is 11.1. The van der Waals surface area contributed by atoms with Gasteiger partial charge in [0, 0.05) is 19.8 Å². The second kappa shape index (κ2) is 6.42. The molecule has 0 aromatic heterocycles. The summed E-state index contributed by atoms with van der Waals surface area (Å²) in [7, 11) is -3.06. The van der Waals surface area contributed by atoms with Gasteiger partial charge in [0.05, 0.1) is 19.0 Å². The Morgan fingerprint density at radius 1 is 1.53 bits per heavy atom. The Hall–Kier alpha value is -0.170. The SMILES string of the molecule is CS(=O)(=O)NCCCOC[C@@H]1CCCO1. The third-order valence-corrected chi connectivity index (χ3v) is 2.89. The number of hydrogen-bond acceptors (Lipinski definition) is 4. The van der Waals surface area contributed by atoms with Crippen molar-refractivity contribution in [1.82, 2.24) is 4.72 Å². The molecule has 5 nitrogen and oxygen atoms in total. The zero-order valence-corrected chi connectivity index (χ0v) is 9.88. The molecule has 1 aliphatic rings. The van der Waals surface area contributed by atoms with Crippen LogP contribution < -0.4 is 4.72 Å². The summed E-state index contributed by atoms with van der Waals surface area (Å²) in [6.45, 7) is 2.47. The summed E-state index contributed by atoms with van der Waals surface area (Å²) in [6, 6.07) is 0. The van der Waals surface area contributed by atoms with E-state index >= 15 is 0 Å². The lowest BCUT2D eigenvalue weighted by Gasteiger charge is -2.09. The molecule has 0 radical (unpaired) electrons. The normalized spacial score (nSPS) is 22.1. The lowest BCUT2D eigenvalue weighted by molar-refractivity contribution is 0.0169. The summed E-state index contributed by atoms with van der Waals surface area (Å²) in [4.78, 5) is 0. The van der Waals surface area contributed by atoms with Crippen molar-refractivity contribution >= 4 is 10.0 Å². The fourth-order valence-electron chi connectivity index (χ4n) is 1.42. The largest absolute Gasteiger partial charge is 0.379 e. The van der Waals surface area contributed by atoms with Crippen LogP contribution in [0.4, 0.5) is 0 Å². The monoisotopic (exact) mass is 237 g/mol. The number of rotatable bonds is 7. The van der Waals surface area contributed by atoms with Crippen molar-refractivity contribution in [2.75, 3.05) is 32.6 Å². The third-order valence-electron chi connectivity index (χ3n) is 2.16. The van der Waals surface area contributed by atoms with Gasteiger partial charge in [0.1, 0.15) is 0 Å². The van der Waals surface area contributed by atoms with Gasteiger partial charge in [-0.2, -0.15) is 0 Å². The van der Waals surface area contributed by atoms with Crippen LogP contribution in [0.1, 0.15) is 19.3 Å². The van der Waals surface area contributed by atoms with Crippen molar-refractivity contribution in [2.24, 2.45) is 0 Å². The summed E-state index contributed by atoms with van der Waals surface area (Å²) < 4.78 is 34.6. The van der Waals surface area contributed by atoms with E-state index in [9.17, 15) is 8.42 Å². The molecule has 1 fully saturated rings. The van der Waals surface area contributed by atoms with Crippen molar-refractivity contribution in [1.29, 1.82) is 0 Å². The Balaban J connectivity index is 1.89. The fraction of sp³-hybridized carbons (Fsp3) is 1.00. The molecule has 0 aromatic carbocycles. The Kier molecular flexibility index (Phi) is 5.52. The molecule has 0 unspecified atom stereocenters. The molecule has 1 rings (SSSR count). The van der Waals surface area contributed by atoms with Crippen LogP contribution in [0.25, 0.3) is 0 Å². The van der Waals surface area contributed by atoms with Gasteiger partial charge in [-0.1, -0.05) is 0 Å². The predicted octanol–water partition coefficient (Wildman–Crippen LogP) is 0.121. The van der Waals surface area contributed by atoms with Crippen LogP contribution in [0.3, 0.4) is 0 Å². The maximum absolute atomic E-state index is 10.7. The van der Waals surface area contributed by atoms with Crippen LogP contribution in [0.5, 0.6) is 0 Å².